The van der Waals surface area contributed by atoms with Gasteiger partial charge in [-0.1, -0.05) is 20.3 Å². The second kappa shape index (κ2) is 6.50. The highest BCUT2D eigenvalue weighted by Gasteiger charge is 2.56. The lowest BCUT2D eigenvalue weighted by atomic mass is 10.0. The summed E-state index contributed by atoms with van der Waals surface area (Å²) in [5.74, 6) is 0.0868. The maximum atomic E-state index is 10.7. The van der Waals surface area contributed by atoms with E-state index in [1.807, 2.05) is 0 Å². The second-order valence-electron chi connectivity index (χ2n) is 5.63. The van der Waals surface area contributed by atoms with E-state index in [0.717, 1.165) is 19.3 Å². The van der Waals surface area contributed by atoms with Gasteiger partial charge in [0.1, 0.15) is 0 Å². The number of rotatable bonds is 9. The Morgan fingerprint density at radius 2 is 2.00 bits per heavy atom. The third kappa shape index (κ3) is 4.23. The summed E-state index contributed by atoms with van der Waals surface area (Å²) in [5.41, 5.74) is 0.153. The fourth-order valence-electron chi connectivity index (χ4n) is 2.87. The quantitative estimate of drug-likeness (QED) is 0.288. The zero-order valence-electron chi connectivity index (χ0n) is 11.4. The monoisotopic (exact) mass is 260 g/mol. The van der Waals surface area contributed by atoms with Gasteiger partial charge < -0.3 is 10.2 Å². The Labute approximate surface area is 108 Å². The molecule has 1 aliphatic rings. The van der Waals surface area contributed by atoms with Gasteiger partial charge in [-0.2, -0.15) is 0 Å². The third-order valence-corrected chi connectivity index (χ3v) is 4.11. The number of aliphatic hydroxyl groups excluding tert-OH is 1. The van der Waals surface area contributed by atoms with Gasteiger partial charge in [-0.25, -0.2) is 9.78 Å². The highest BCUT2D eigenvalue weighted by atomic mass is 17.2. The number of aliphatic carboxylic acids is 1. The molecule has 0 aromatic heterocycles. The van der Waals surface area contributed by atoms with Crippen molar-refractivity contribution in [1.29, 1.82) is 0 Å². The van der Waals surface area contributed by atoms with Gasteiger partial charge in [-0.3, -0.25) is 4.79 Å². The summed E-state index contributed by atoms with van der Waals surface area (Å²) in [6, 6.07) is 0. The summed E-state index contributed by atoms with van der Waals surface area (Å²) in [6.45, 7) is 4.27. The van der Waals surface area contributed by atoms with Crippen LogP contribution in [0.2, 0.25) is 0 Å². The molecule has 1 saturated carbocycles. The maximum absolute atomic E-state index is 10.7. The molecule has 0 spiro atoms. The van der Waals surface area contributed by atoms with E-state index < -0.39 is 12.3 Å². The van der Waals surface area contributed by atoms with Crippen molar-refractivity contribution in [2.24, 2.45) is 17.3 Å². The molecule has 5 heteroatoms. The summed E-state index contributed by atoms with van der Waals surface area (Å²) >= 11 is 0. The number of unbranched alkanes of at least 4 members (excludes halogenated alkanes) is 1. The van der Waals surface area contributed by atoms with Gasteiger partial charge in [0.05, 0.1) is 7.11 Å². The van der Waals surface area contributed by atoms with Crippen LogP contribution in [-0.4, -0.2) is 29.6 Å². The standard InChI is InChI=1S/C13H24O5/c1-13(2)9(10(13)8-11(14)15)6-4-5-7-12(16)18-17-3/h9-10,12,16H,4-8H2,1-3H3,(H,14,15). The number of hydrogen-bond donors (Lipinski definition) is 2. The van der Waals surface area contributed by atoms with Crippen LogP contribution in [-0.2, 0) is 14.6 Å². The first kappa shape index (κ1) is 15.4. The fourth-order valence-corrected chi connectivity index (χ4v) is 2.87. The van der Waals surface area contributed by atoms with E-state index in [0.29, 0.717) is 18.3 Å². The van der Waals surface area contributed by atoms with Crippen LogP contribution in [0.1, 0.15) is 46.0 Å². The van der Waals surface area contributed by atoms with Crippen LogP contribution in [0.15, 0.2) is 0 Å². The molecule has 0 aromatic rings. The minimum absolute atomic E-state index is 0.153. The molecule has 0 saturated heterocycles. The first-order valence-corrected chi connectivity index (χ1v) is 6.49. The van der Waals surface area contributed by atoms with Crippen LogP contribution in [0.25, 0.3) is 0 Å². The third-order valence-electron chi connectivity index (χ3n) is 4.11. The molecule has 1 fully saturated rings. The number of carboxylic acids is 1. The maximum Gasteiger partial charge on any atom is 0.303 e. The van der Waals surface area contributed by atoms with Crippen molar-refractivity contribution >= 4 is 5.97 Å². The van der Waals surface area contributed by atoms with Gasteiger partial charge in [0.15, 0.2) is 6.29 Å². The highest BCUT2D eigenvalue weighted by Crippen LogP contribution is 2.62. The molecule has 0 aliphatic heterocycles. The van der Waals surface area contributed by atoms with Crippen LogP contribution >= 0.6 is 0 Å². The molecule has 5 nitrogen and oxygen atoms in total. The van der Waals surface area contributed by atoms with Crippen LogP contribution in [0.3, 0.4) is 0 Å². The minimum atomic E-state index is -0.864. The Morgan fingerprint density at radius 3 is 2.56 bits per heavy atom. The van der Waals surface area contributed by atoms with Crippen molar-refractivity contribution in [3.63, 3.8) is 0 Å². The highest BCUT2D eigenvalue weighted by molar-refractivity contribution is 5.67. The first-order chi connectivity index (χ1) is 8.39. The molecular weight excluding hydrogens is 236 g/mol. The molecule has 1 rings (SSSR count). The molecule has 18 heavy (non-hydrogen) atoms. The summed E-state index contributed by atoms with van der Waals surface area (Å²) in [7, 11) is 1.37. The van der Waals surface area contributed by atoms with Crippen LogP contribution in [0.4, 0.5) is 0 Å². The molecule has 106 valence electrons. The summed E-state index contributed by atoms with van der Waals surface area (Å²) in [6.07, 6.45) is 2.81. The second-order valence-corrected chi connectivity index (χ2v) is 5.63. The smallest absolute Gasteiger partial charge is 0.303 e. The number of carbonyl (C=O) groups is 1. The van der Waals surface area contributed by atoms with Crippen molar-refractivity contribution in [3.8, 4) is 0 Å². The Hall–Kier alpha value is -0.650. The normalized spacial score (nSPS) is 26.9. The summed E-state index contributed by atoms with van der Waals surface area (Å²) in [4.78, 5) is 19.6. The van der Waals surface area contributed by atoms with Crippen LogP contribution < -0.4 is 0 Å². The fraction of sp³-hybridized carbons (Fsp3) is 0.923. The van der Waals surface area contributed by atoms with Gasteiger partial charge in [0, 0.05) is 12.8 Å². The molecule has 0 amide bonds. The number of carboxylic acid groups (broad SMARTS) is 1. The molecule has 1 aliphatic carbocycles. The van der Waals surface area contributed by atoms with E-state index in [9.17, 15) is 9.90 Å². The Morgan fingerprint density at radius 1 is 1.33 bits per heavy atom. The van der Waals surface area contributed by atoms with Gasteiger partial charge in [-0.05, 0) is 30.1 Å². The number of aliphatic hydroxyl groups is 1. The number of hydrogen-bond acceptors (Lipinski definition) is 4. The largest absolute Gasteiger partial charge is 0.481 e. The van der Waals surface area contributed by atoms with E-state index in [4.69, 9.17) is 5.11 Å². The summed E-state index contributed by atoms with van der Waals surface area (Å²) in [5, 5.41) is 18.1. The van der Waals surface area contributed by atoms with E-state index in [1.54, 1.807) is 0 Å². The Balaban J connectivity index is 2.15. The van der Waals surface area contributed by atoms with Crippen molar-refractivity contribution < 1.29 is 24.8 Å². The van der Waals surface area contributed by atoms with E-state index in [-0.39, 0.29) is 11.8 Å². The molecule has 0 heterocycles. The molecular formula is C13H24O5. The van der Waals surface area contributed by atoms with Gasteiger partial charge in [0.25, 0.3) is 0 Å². The lowest BCUT2D eigenvalue weighted by Crippen LogP contribution is -2.10. The lowest BCUT2D eigenvalue weighted by Gasteiger charge is -2.08. The van der Waals surface area contributed by atoms with Crippen LogP contribution in [0.5, 0.6) is 0 Å². The molecule has 3 unspecified atom stereocenters. The molecule has 0 aromatic carbocycles. The minimum Gasteiger partial charge on any atom is -0.481 e. The van der Waals surface area contributed by atoms with Gasteiger partial charge in [-0.15, -0.1) is 0 Å². The predicted octanol–water partition coefficient (Wildman–Crippen LogP) is 2.19. The Kier molecular flexibility index (Phi) is 5.56. The zero-order valence-corrected chi connectivity index (χ0v) is 11.4. The van der Waals surface area contributed by atoms with Crippen molar-refractivity contribution in [3.05, 3.63) is 0 Å². The van der Waals surface area contributed by atoms with Crippen molar-refractivity contribution in [1.82, 2.24) is 0 Å². The summed E-state index contributed by atoms with van der Waals surface area (Å²) < 4.78 is 0. The zero-order chi connectivity index (χ0) is 13.8. The predicted molar refractivity (Wildman–Crippen MR) is 65.6 cm³/mol. The van der Waals surface area contributed by atoms with Crippen LogP contribution in [0, 0.1) is 17.3 Å². The van der Waals surface area contributed by atoms with Gasteiger partial charge in [0.2, 0.25) is 0 Å². The average molecular weight is 260 g/mol. The lowest BCUT2D eigenvalue weighted by molar-refractivity contribution is -0.355. The Bertz CT molecular complexity index is 277. The molecule has 2 N–H and O–H groups in total. The van der Waals surface area contributed by atoms with Crippen molar-refractivity contribution in [2.45, 2.75) is 52.2 Å². The SMILES string of the molecule is COOC(O)CCCCC1C(CC(=O)O)C1(C)C. The topological polar surface area (TPSA) is 76.0 Å². The van der Waals surface area contributed by atoms with Crippen molar-refractivity contribution in [2.75, 3.05) is 7.11 Å². The molecule has 0 bridgehead atoms. The first-order valence-electron chi connectivity index (χ1n) is 6.49. The molecule has 3 atom stereocenters. The van der Waals surface area contributed by atoms with E-state index in [1.165, 1.54) is 7.11 Å². The average Bonchev–Trinajstić information content (AvgIpc) is 2.75. The van der Waals surface area contributed by atoms with Gasteiger partial charge >= 0.3 is 5.97 Å². The van der Waals surface area contributed by atoms with E-state index in [2.05, 4.69) is 23.6 Å². The van der Waals surface area contributed by atoms with E-state index >= 15 is 0 Å². The molecule has 0 radical (unpaired) electrons.